The maximum absolute atomic E-state index is 12.8. The van der Waals surface area contributed by atoms with Crippen LogP contribution in [0.4, 0.5) is 11.4 Å². The first kappa shape index (κ1) is 22.3. The first-order chi connectivity index (χ1) is 16.9. The summed E-state index contributed by atoms with van der Waals surface area (Å²) in [6.07, 6.45) is 8.29. The van der Waals surface area contributed by atoms with Gasteiger partial charge in [-0.2, -0.15) is 0 Å². The van der Waals surface area contributed by atoms with E-state index in [-0.39, 0.29) is 23.0 Å². The molecule has 0 saturated heterocycles. The van der Waals surface area contributed by atoms with E-state index >= 15 is 0 Å². The van der Waals surface area contributed by atoms with Crippen molar-refractivity contribution in [1.29, 1.82) is 0 Å². The molecule has 2 amide bonds. The van der Waals surface area contributed by atoms with Gasteiger partial charge < -0.3 is 20.4 Å². The number of furan rings is 1. The van der Waals surface area contributed by atoms with Crippen LogP contribution in [0, 0.1) is 23.2 Å². The van der Waals surface area contributed by atoms with Crippen LogP contribution in [0.25, 0.3) is 11.0 Å². The highest BCUT2D eigenvalue weighted by Gasteiger charge is 2.51. The van der Waals surface area contributed by atoms with Gasteiger partial charge in [0.15, 0.2) is 10.9 Å². The average Bonchev–Trinajstić information content (AvgIpc) is 3.23. The van der Waals surface area contributed by atoms with Gasteiger partial charge in [0.1, 0.15) is 5.58 Å². The Labute approximate surface area is 209 Å². The highest BCUT2D eigenvalue weighted by Crippen LogP contribution is 2.61. The Bertz CT molecular complexity index is 1230. The van der Waals surface area contributed by atoms with Crippen molar-refractivity contribution in [3.63, 3.8) is 0 Å². The average molecular weight is 488 g/mol. The van der Waals surface area contributed by atoms with Gasteiger partial charge in [-0.05, 0) is 110 Å². The van der Waals surface area contributed by atoms with E-state index in [1.54, 1.807) is 18.2 Å². The molecule has 7 rings (SSSR count). The fourth-order valence-corrected chi connectivity index (χ4v) is 7.34. The van der Waals surface area contributed by atoms with E-state index in [4.69, 9.17) is 16.6 Å². The zero-order valence-corrected chi connectivity index (χ0v) is 20.3. The molecule has 4 saturated carbocycles. The first-order valence-electron chi connectivity index (χ1n) is 12.4. The van der Waals surface area contributed by atoms with Crippen LogP contribution in [0.1, 0.15) is 55.5 Å². The van der Waals surface area contributed by atoms with Crippen LogP contribution in [0.5, 0.6) is 0 Å². The van der Waals surface area contributed by atoms with Crippen molar-refractivity contribution in [3.05, 3.63) is 60.4 Å². The van der Waals surface area contributed by atoms with E-state index in [0.29, 0.717) is 22.8 Å². The molecule has 6 nitrogen and oxygen atoms in total. The van der Waals surface area contributed by atoms with Crippen LogP contribution in [0.15, 0.2) is 59.0 Å². The van der Waals surface area contributed by atoms with Gasteiger partial charge in [-0.1, -0.05) is 18.2 Å². The minimum Gasteiger partial charge on any atom is -0.451 e. The molecule has 2 aromatic carbocycles. The standard InChI is InChI=1S/C28H29N3O3S/c32-25(16-28-13-17-9-18(14-28)11-19(10-17)15-28)31-27(35)30-22-7-5-21(6-8-22)29-26(33)24-12-20-3-1-2-4-23(20)34-24/h1-8,12,17-19H,9-11,13-16H2,(H,29,33)(H2,30,31,32,35). The lowest BCUT2D eigenvalue weighted by Crippen LogP contribution is -2.48. The fraction of sp³-hybridized carbons (Fsp3) is 0.393. The third kappa shape index (κ3) is 4.69. The molecule has 0 atom stereocenters. The number of anilines is 2. The summed E-state index contributed by atoms with van der Waals surface area (Å²) in [5, 5.41) is 9.99. The fourth-order valence-electron chi connectivity index (χ4n) is 7.10. The van der Waals surface area contributed by atoms with Crippen LogP contribution >= 0.6 is 12.2 Å². The van der Waals surface area contributed by atoms with Crippen molar-refractivity contribution >= 4 is 51.5 Å². The minimum atomic E-state index is -0.311. The van der Waals surface area contributed by atoms with Gasteiger partial charge in [-0.25, -0.2) is 0 Å². The van der Waals surface area contributed by atoms with Gasteiger partial charge in [0, 0.05) is 23.2 Å². The van der Waals surface area contributed by atoms with Crippen molar-refractivity contribution in [3.8, 4) is 0 Å². The second-order valence-electron chi connectivity index (χ2n) is 10.8. The lowest BCUT2D eigenvalue weighted by atomic mass is 9.49. The van der Waals surface area contributed by atoms with E-state index in [1.165, 1.54) is 38.5 Å². The Morgan fingerprint density at radius 2 is 1.49 bits per heavy atom. The number of hydrogen-bond donors (Lipinski definition) is 3. The largest absolute Gasteiger partial charge is 0.451 e. The van der Waals surface area contributed by atoms with E-state index in [0.717, 1.165) is 28.8 Å². The predicted molar refractivity (Wildman–Crippen MR) is 140 cm³/mol. The number of fused-ring (bicyclic) bond motifs is 1. The molecule has 1 aromatic heterocycles. The number of carbonyl (C=O) groups is 2. The molecule has 3 aromatic rings. The molecule has 4 aliphatic carbocycles. The zero-order chi connectivity index (χ0) is 24.0. The quantitative estimate of drug-likeness (QED) is 0.379. The Kier molecular flexibility index (Phi) is 5.60. The molecule has 4 aliphatic rings. The first-order valence-corrected chi connectivity index (χ1v) is 12.8. The van der Waals surface area contributed by atoms with Crippen LogP contribution in [-0.4, -0.2) is 16.9 Å². The lowest BCUT2D eigenvalue weighted by molar-refractivity contribution is -0.127. The third-order valence-electron chi connectivity index (χ3n) is 8.00. The summed E-state index contributed by atoms with van der Waals surface area (Å²) < 4.78 is 5.62. The van der Waals surface area contributed by atoms with Gasteiger partial charge in [0.05, 0.1) is 0 Å². The van der Waals surface area contributed by atoms with Crippen molar-refractivity contribution < 1.29 is 14.0 Å². The molecule has 0 spiro atoms. The monoisotopic (exact) mass is 487 g/mol. The number of para-hydroxylation sites is 1. The molecular formula is C28H29N3O3S. The second kappa shape index (κ2) is 8.79. The van der Waals surface area contributed by atoms with Crippen molar-refractivity contribution in [2.24, 2.45) is 23.2 Å². The highest BCUT2D eigenvalue weighted by molar-refractivity contribution is 7.80. The number of amides is 2. The number of thiocarbonyl (C=S) groups is 1. The molecule has 0 unspecified atom stereocenters. The molecule has 4 bridgehead atoms. The summed E-state index contributed by atoms with van der Waals surface area (Å²) in [6, 6.07) is 16.4. The molecule has 3 N–H and O–H groups in total. The third-order valence-corrected chi connectivity index (χ3v) is 8.21. The maximum atomic E-state index is 12.8. The lowest BCUT2D eigenvalue weighted by Gasteiger charge is -2.56. The highest BCUT2D eigenvalue weighted by atomic mass is 32.1. The van der Waals surface area contributed by atoms with Crippen molar-refractivity contribution in [2.75, 3.05) is 10.6 Å². The van der Waals surface area contributed by atoms with Crippen molar-refractivity contribution in [2.45, 2.75) is 44.9 Å². The topological polar surface area (TPSA) is 83.4 Å². The van der Waals surface area contributed by atoms with Crippen LogP contribution in [0.3, 0.4) is 0 Å². The maximum Gasteiger partial charge on any atom is 0.291 e. The van der Waals surface area contributed by atoms with Crippen LogP contribution in [0.2, 0.25) is 0 Å². The minimum absolute atomic E-state index is 0.0131. The summed E-state index contributed by atoms with van der Waals surface area (Å²) in [7, 11) is 0. The molecule has 35 heavy (non-hydrogen) atoms. The van der Waals surface area contributed by atoms with E-state index < -0.39 is 0 Å². The summed E-state index contributed by atoms with van der Waals surface area (Å²) in [4.78, 5) is 25.3. The predicted octanol–water partition coefficient (Wildman–Crippen LogP) is 6.10. The van der Waals surface area contributed by atoms with Gasteiger partial charge >= 0.3 is 0 Å². The molecular weight excluding hydrogens is 458 g/mol. The molecule has 0 radical (unpaired) electrons. The SMILES string of the molecule is O=C(CC12CC3CC(CC(C3)C1)C2)NC(=S)Nc1ccc(NC(=O)c2cc3ccccc3o2)cc1. The molecule has 7 heteroatoms. The summed E-state index contributed by atoms with van der Waals surface area (Å²) in [5.74, 6) is 2.43. The normalized spacial score (nSPS) is 26.5. The van der Waals surface area contributed by atoms with Gasteiger partial charge in [0.2, 0.25) is 5.91 Å². The Morgan fingerprint density at radius 3 is 2.11 bits per heavy atom. The summed E-state index contributed by atoms with van der Waals surface area (Å²) >= 11 is 5.39. The van der Waals surface area contributed by atoms with Crippen LogP contribution < -0.4 is 16.0 Å². The molecule has 1 heterocycles. The van der Waals surface area contributed by atoms with Gasteiger partial charge in [-0.3, -0.25) is 9.59 Å². The van der Waals surface area contributed by atoms with Gasteiger partial charge in [-0.15, -0.1) is 0 Å². The number of benzene rings is 2. The molecule has 0 aliphatic heterocycles. The van der Waals surface area contributed by atoms with Gasteiger partial charge in [0.25, 0.3) is 5.91 Å². The smallest absolute Gasteiger partial charge is 0.291 e. The number of rotatable bonds is 5. The number of carbonyl (C=O) groups excluding carboxylic acids is 2. The van der Waals surface area contributed by atoms with Crippen LogP contribution in [-0.2, 0) is 4.79 Å². The summed E-state index contributed by atoms with van der Waals surface area (Å²) in [5.41, 5.74) is 2.24. The number of nitrogens with one attached hydrogen (secondary N) is 3. The Balaban J connectivity index is 1.01. The molecule has 180 valence electrons. The Morgan fingerprint density at radius 1 is 0.886 bits per heavy atom. The second-order valence-corrected chi connectivity index (χ2v) is 11.2. The van der Waals surface area contributed by atoms with E-state index in [2.05, 4.69) is 16.0 Å². The number of hydrogen-bond acceptors (Lipinski definition) is 4. The van der Waals surface area contributed by atoms with Crippen molar-refractivity contribution in [1.82, 2.24) is 5.32 Å². The molecule has 4 fully saturated rings. The zero-order valence-electron chi connectivity index (χ0n) is 19.5. The summed E-state index contributed by atoms with van der Waals surface area (Å²) in [6.45, 7) is 0. The Hall–Kier alpha value is -3.19. The van der Waals surface area contributed by atoms with E-state index in [1.807, 2.05) is 36.4 Å². The van der Waals surface area contributed by atoms with E-state index in [9.17, 15) is 9.59 Å².